The van der Waals surface area contributed by atoms with E-state index in [-0.39, 0.29) is 42.9 Å². The molecule has 2 aromatic rings. The molecular formula is C20H20F3N3O5S. The Labute approximate surface area is 182 Å². The third-order valence-electron chi connectivity index (χ3n) is 5.39. The summed E-state index contributed by atoms with van der Waals surface area (Å²) in [5.41, 5.74) is -0.818. The van der Waals surface area contributed by atoms with E-state index in [4.69, 9.17) is 0 Å². The van der Waals surface area contributed by atoms with E-state index in [0.717, 1.165) is 16.4 Å². The Morgan fingerprint density at radius 1 is 1.12 bits per heavy atom. The number of rotatable bonds is 5. The molecule has 1 fully saturated rings. The van der Waals surface area contributed by atoms with Crippen molar-refractivity contribution in [3.05, 3.63) is 63.7 Å². The molecule has 1 aliphatic rings. The van der Waals surface area contributed by atoms with Gasteiger partial charge in [0.05, 0.1) is 26.6 Å². The smallest absolute Gasteiger partial charge is 0.325 e. The number of halogens is 3. The quantitative estimate of drug-likeness (QED) is 0.524. The molecule has 0 radical (unpaired) electrons. The number of anilines is 1. The molecule has 3 rings (SSSR count). The van der Waals surface area contributed by atoms with Crippen LogP contribution in [0.1, 0.15) is 24.0 Å². The van der Waals surface area contributed by atoms with Crippen molar-refractivity contribution in [2.24, 2.45) is 5.92 Å². The highest BCUT2D eigenvalue weighted by Crippen LogP contribution is 2.36. The van der Waals surface area contributed by atoms with Crippen LogP contribution in [0.5, 0.6) is 0 Å². The van der Waals surface area contributed by atoms with Gasteiger partial charge in [0, 0.05) is 25.1 Å². The number of nitro benzene ring substituents is 1. The molecule has 0 saturated carbocycles. The Hall–Kier alpha value is -2.99. The average molecular weight is 471 g/mol. The molecule has 0 atom stereocenters. The highest BCUT2D eigenvalue weighted by molar-refractivity contribution is 7.89. The van der Waals surface area contributed by atoms with Gasteiger partial charge in [0.1, 0.15) is 0 Å². The van der Waals surface area contributed by atoms with Crippen molar-refractivity contribution in [3.8, 4) is 0 Å². The highest BCUT2D eigenvalue weighted by Gasteiger charge is 2.40. The number of nitro groups is 1. The van der Waals surface area contributed by atoms with Gasteiger partial charge in [-0.25, -0.2) is 8.42 Å². The standard InChI is InChI=1S/C20H20F3N3O5S/c1-13-16(6-4-7-17(13)26(28)29)24-19(27)14-9-11-25(12-10-14)32(30,31)18-8-3-2-5-15(18)20(21,22)23/h2-8,14H,9-12H2,1H3,(H,24,27). The number of hydrogen-bond donors (Lipinski definition) is 1. The van der Waals surface area contributed by atoms with Gasteiger partial charge < -0.3 is 5.32 Å². The first-order chi connectivity index (χ1) is 14.9. The number of amides is 1. The zero-order valence-electron chi connectivity index (χ0n) is 16.9. The molecule has 0 unspecified atom stereocenters. The lowest BCUT2D eigenvalue weighted by Crippen LogP contribution is -2.42. The van der Waals surface area contributed by atoms with Crippen LogP contribution in [0.3, 0.4) is 0 Å². The number of benzene rings is 2. The number of sulfonamides is 1. The van der Waals surface area contributed by atoms with Crippen molar-refractivity contribution in [1.29, 1.82) is 0 Å². The van der Waals surface area contributed by atoms with E-state index in [1.807, 2.05) is 0 Å². The maximum Gasteiger partial charge on any atom is 0.417 e. The molecule has 1 aliphatic heterocycles. The molecule has 32 heavy (non-hydrogen) atoms. The monoisotopic (exact) mass is 471 g/mol. The van der Waals surface area contributed by atoms with Crippen LogP contribution in [0, 0.1) is 23.0 Å². The molecule has 0 aliphatic carbocycles. The summed E-state index contributed by atoms with van der Waals surface area (Å²) in [4.78, 5) is 22.3. The molecule has 0 bridgehead atoms. The van der Waals surface area contributed by atoms with Gasteiger partial charge in [-0.05, 0) is 38.0 Å². The second-order valence-corrected chi connectivity index (χ2v) is 9.27. The summed E-state index contributed by atoms with van der Waals surface area (Å²) in [6.07, 6.45) is -4.61. The van der Waals surface area contributed by atoms with E-state index in [0.29, 0.717) is 6.07 Å². The van der Waals surface area contributed by atoms with Crippen LogP contribution in [0.2, 0.25) is 0 Å². The second kappa shape index (κ2) is 8.87. The van der Waals surface area contributed by atoms with Gasteiger partial charge in [-0.1, -0.05) is 18.2 Å². The van der Waals surface area contributed by atoms with Gasteiger partial charge in [-0.15, -0.1) is 0 Å². The number of carbonyl (C=O) groups excluding carboxylic acids is 1. The molecule has 0 aromatic heterocycles. The topological polar surface area (TPSA) is 110 Å². The molecule has 2 aromatic carbocycles. The van der Waals surface area contributed by atoms with Crippen LogP contribution < -0.4 is 5.32 Å². The minimum Gasteiger partial charge on any atom is -0.325 e. The normalized spacial score (nSPS) is 16.0. The van der Waals surface area contributed by atoms with Gasteiger partial charge in [0.2, 0.25) is 15.9 Å². The molecule has 1 N–H and O–H groups in total. The molecular weight excluding hydrogens is 451 g/mol. The Balaban J connectivity index is 1.71. The first kappa shape index (κ1) is 23.7. The van der Waals surface area contributed by atoms with Crippen molar-refractivity contribution < 1.29 is 31.3 Å². The van der Waals surface area contributed by atoms with E-state index in [1.165, 1.54) is 31.2 Å². The molecule has 1 amide bonds. The number of hydrogen-bond acceptors (Lipinski definition) is 5. The maximum atomic E-state index is 13.3. The first-order valence-corrected chi connectivity index (χ1v) is 11.1. The van der Waals surface area contributed by atoms with Gasteiger partial charge in [0.25, 0.3) is 5.69 Å². The van der Waals surface area contributed by atoms with Crippen molar-refractivity contribution >= 4 is 27.3 Å². The summed E-state index contributed by atoms with van der Waals surface area (Å²) >= 11 is 0. The second-order valence-electron chi connectivity index (χ2n) is 7.37. The van der Waals surface area contributed by atoms with Gasteiger partial charge in [-0.3, -0.25) is 14.9 Å². The number of nitrogens with one attached hydrogen (secondary N) is 1. The largest absolute Gasteiger partial charge is 0.417 e. The fraction of sp³-hybridized carbons (Fsp3) is 0.350. The predicted octanol–water partition coefficient (Wildman–Crippen LogP) is 3.96. The summed E-state index contributed by atoms with van der Waals surface area (Å²) in [6, 6.07) is 8.25. The van der Waals surface area contributed by atoms with Crippen molar-refractivity contribution in [2.75, 3.05) is 18.4 Å². The molecule has 1 heterocycles. The van der Waals surface area contributed by atoms with Gasteiger partial charge >= 0.3 is 6.18 Å². The lowest BCUT2D eigenvalue weighted by atomic mass is 9.97. The highest BCUT2D eigenvalue weighted by atomic mass is 32.2. The summed E-state index contributed by atoms with van der Waals surface area (Å²) in [5, 5.41) is 13.7. The molecule has 0 spiro atoms. The zero-order chi connectivity index (χ0) is 23.7. The maximum absolute atomic E-state index is 13.3. The molecule has 12 heteroatoms. The number of piperidine rings is 1. The van der Waals surface area contributed by atoms with Crippen molar-refractivity contribution in [2.45, 2.75) is 30.8 Å². The zero-order valence-corrected chi connectivity index (χ0v) is 17.7. The molecule has 1 saturated heterocycles. The number of carbonyl (C=O) groups is 1. The van der Waals surface area contributed by atoms with E-state index in [1.54, 1.807) is 0 Å². The van der Waals surface area contributed by atoms with E-state index in [2.05, 4.69) is 5.32 Å². The van der Waals surface area contributed by atoms with Crippen LogP contribution in [0.15, 0.2) is 47.4 Å². The Morgan fingerprint density at radius 3 is 2.34 bits per heavy atom. The number of nitrogens with zero attached hydrogens (tertiary/aromatic N) is 2. The summed E-state index contributed by atoms with van der Waals surface area (Å²) in [7, 11) is -4.40. The van der Waals surface area contributed by atoms with Crippen molar-refractivity contribution in [1.82, 2.24) is 4.31 Å². The minimum absolute atomic E-state index is 0.104. The van der Waals surface area contributed by atoms with Crippen LogP contribution in [0.4, 0.5) is 24.5 Å². The SMILES string of the molecule is Cc1c(NC(=O)C2CCN(S(=O)(=O)c3ccccc3C(F)(F)F)CC2)cccc1[N+](=O)[O-]. The fourth-order valence-corrected chi connectivity index (χ4v) is 5.30. The predicted molar refractivity (Wildman–Crippen MR) is 109 cm³/mol. The lowest BCUT2D eigenvalue weighted by Gasteiger charge is -2.31. The summed E-state index contributed by atoms with van der Waals surface area (Å²) in [6.45, 7) is 1.25. The van der Waals surface area contributed by atoms with Gasteiger partial charge in [-0.2, -0.15) is 17.5 Å². The molecule has 172 valence electrons. The van der Waals surface area contributed by atoms with Crippen LogP contribution in [-0.2, 0) is 21.0 Å². The van der Waals surface area contributed by atoms with E-state index < -0.39 is 43.4 Å². The van der Waals surface area contributed by atoms with Crippen molar-refractivity contribution in [3.63, 3.8) is 0 Å². The van der Waals surface area contributed by atoms with Crippen LogP contribution in [0.25, 0.3) is 0 Å². The molecule has 8 nitrogen and oxygen atoms in total. The van der Waals surface area contributed by atoms with E-state index >= 15 is 0 Å². The summed E-state index contributed by atoms with van der Waals surface area (Å²) < 4.78 is 66.4. The van der Waals surface area contributed by atoms with Gasteiger partial charge in [0.15, 0.2) is 0 Å². The summed E-state index contributed by atoms with van der Waals surface area (Å²) in [5.74, 6) is -1.01. The van der Waals surface area contributed by atoms with Crippen LogP contribution >= 0.6 is 0 Å². The lowest BCUT2D eigenvalue weighted by molar-refractivity contribution is -0.385. The number of alkyl halides is 3. The third kappa shape index (κ3) is 4.75. The average Bonchev–Trinajstić information content (AvgIpc) is 2.74. The van der Waals surface area contributed by atoms with Crippen LogP contribution in [-0.4, -0.2) is 36.6 Å². The first-order valence-electron chi connectivity index (χ1n) is 9.64. The third-order valence-corrected chi connectivity index (χ3v) is 7.35. The fourth-order valence-electron chi connectivity index (χ4n) is 3.61. The van der Waals surface area contributed by atoms with E-state index in [9.17, 15) is 36.5 Å². The Kier molecular flexibility index (Phi) is 6.56. The Morgan fingerprint density at radius 2 is 1.75 bits per heavy atom. The minimum atomic E-state index is -4.82. The Bertz CT molecular complexity index is 1140.